The third-order valence-electron chi connectivity index (χ3n) is 8.42. The molecule has 0 aliphatic heterocycles. The van der Waals surface area contributed by atoms with E-state index in [9.17, 15) is 10.2 Å². The van der Waals surface area contributed by atoms with Crippen LogP contribution in [-0.4, -0.2) is 25.0 Å². The molecular formula is C35H37N3O2. The van der Waals surface area contributed by atoms with Gasteiger partial charge in [0.05, 0.1) is 11.3 Å². The standard InChI is InChI=1S/C29H29N3O2.C6H8/c1-17(2)24-14-25(28(34)15-27(24)33)29-31-30-16-32(29)26-9-5-8-20-22-11-10-18-6-3-4-7-19(18)21(22)12-13-23(20)26;1-2-4-6-5-3-1/h5,8-11,14-17,33-34H,3-4,6-7,12-13H2,1-2H3;1-4H,5-6H2. The van der Waals surface area contributed by atoms with E-state index in [4.69, 9.17) is 0 Å². The SMILES string of the molecule is C1=CCCC=C1.CC(C)c1cc(-c2nncn2-c2cccc3c2CCc2c-3ccc3c2CCCC3)c(O)cc1O. The minimum absolute atomic E-state index is 0.00192. The Bertz CT molecular complexity index is 1600. The number of aromatic hydroxyl groups is 2. The number of rotatable bonds is 3. The van der Waals surface area contributed by atoms with Gasteiger partial charge in [0.1, 0.15) is 17.8 Å². The van der Waals surface area contributed by atoms with Crippen LogP contribution in [0, 0.1) is 0 Å². The molecular weight excluding hydrogens is 494 g/mol. The van der Waals surface area contributed by atoms with Crippen LogP contribution >= 0.6 is 0 Å². The monoisotopic (exact) mass is 531 g/mol. The van der Waals surface area contributed by atoms with Crippen molar-refractivity contribution in [3.05, 3.63) is 101 Å². The zero-order chi connectivity index (χ0) is 27.6. The highest BCUT2D eigenvalue weighted by Crippen LogP contribution is 2.42. The zero-order valence-electron chi connectivity index (χ0n) is 23.4. The predicted molar refractivity (Wildman–Crippen MR) is 161 cm³/mol. The molecule has 0 radical (unpaired) electrons. The lowest BCUT2D eigenvalue weighted by Gasteiger charge is -2.28. The fraction of sp³-hybridized carbons (Fsp3) is 0.314. The summed E-state index contributed by atoms with van der Waals surface area (Å²) in [4.78, 5) is 0. The first kappa shape index (κ1) is 26.1. The van der Waals surface area contributed by atoms with E-state index < -0.39 is 0 Å². The molecule has 1 heterocycles. The molecule has 3 aliphatic rings. The van der Waals surface area contributed by atoms with Gasteiger partial charge in [0.25, 0.3) is 0 Å². The molecule has 0 saturated carbocycles. The molecule has 5 nitrogen and oxygen atoms in total. The second-order valence-electron chi connectivity index (χ2n) is 11.3. The number of allylic oxidation sites excluding steroid dienone is 4. The van der Waals surface area contributed by atoms with Crippen molar-refractivity contribution in [3.63, 3.8) is 0 Å². The van der Waals surface area contributed by atoms with Gasteiger partial charge >= 0.3 is 0 Å². The predicted octanol–water partition coefficient (Wildman–Crippen LogP) is 8.01. The van der Waals surface area contributed by atoms with Gasteiger partial charge in [-0.2, -0.15) is 0 Å². The lowest BCUT2D eigenvalue weighted by atomic mass is 9.78. The molecule has 40 heavy (non-hydrogen) atoms. The molecule has 0 spiro atoms. The van der Waals surface area contributed by atoms with Crippen molar-refractivity contribution in [1.82, 2.24) is 14.8 Å². The largest absolute Gasteiger partial charge is 0.508 e. The van der Waals surface area contributed by atoms with Crippen LogP contribution in [0.5, 0.6) is 11.5 Å². The van der Waals surface area contributed by atoms with Crippen molar-refractivity contribution in [2.24, 2.45) is 0 Å². The van der Waals surface area contributed by atoms with Gasteiger partial charge in [-0.3, -0.25) is 4.57 Å². The summed E-state index contributed by atoms with van der Waals surface area (Å²) in [6.07, 6.45) is 19.7. The second kappa shape index (κ2) is 11.2. The van der Waals surface area contributed by atoms with Gasteiger partial charge < -0.3 is 10.2 Å². The molecule has 204 valence electrons. The fourth-order valence-electron chi connectivity index (χ4n) is 6.38. The Kier molecular flexibility index (Phi) is 7.29. The lowest BCUT2D eigenvalue weighted by molar-refractivity contribution is 0.444. The molecule has 3 aromatic carbocycles. The lowest BCUT2D eigenvalue weighted by Crippen LogP contribution is -2.14. The Hall–Kier alpha value is -4.12. The van der Waals surface area contributed by atoms with Gasteiger partial charge in [-0.1, -0.05) is 62.4 Å². The molecule has 0 unspecified atom stereocenters. The van der Waals surface area contributed by atoms with Crippen LogP contribution in [-0.2, 0) is 25.7 Å². The summed E-state index contributed by atoms with van der Waals surface area (Å²) in [5, 5.41) is 29.6. The third kappa shape index (κ3) is 4.85. The van der Waals surface area contributed by atoms with E-state index in [1.165, 1.54) is 72.4 Å². The van der Waals surface area contributed by atoms with E-state index in [0.29, 0.717) is 11.4 Å². The van der Waals surface area contributed by atoms with E-state index in [-0.39, 0.29) is 17.4 Å². The van der Waals surface area contributed by atoms with Gasteiger partial charge in [-0.05, 0) is 108 Å². The highest BCUT2D eigenvalue weighted by atomic mass is 16.3. The number of benzene rings is 3. The molecule has 0 bridgehead atoms. The number of fused-ring (bicyclic) bond motifs is 5. The number of phenols is 2. The smallest absolute Gasteiger partial charge is 0.172 e. The molecule has 5 heteroatoms. The number of aromatic nitrogens is 3. The molecule has 0 amide bonds. The topological polar surface area (TPSA) is 71.2 Å². The summed E-state index contributed by atoms with van der Waals surface area (Å²) in [6, 6.07) is 14.3. The van der Waals surface area contributed by atoms with Crippen LogP contribution in [0.25, 0.3) is 28.2 Å². The van der Waals surface area contributed by atoms with Crippen LogP contribution in [0.2, 0.25) is 0 Å². The molecule has 0 saturated heterocycles. The van der Waals surface area contributed by atoms with Crippen LogP contribution in [0.4, 0.5) is 0 Å². The molecule has 0 fully saturated rings. The minimum atomic E-state index is -0.00192. The Balaban J connectivity index is 0.000000429. The van der Waals surface area contributed by atoms with E-state index >= 15 is 0 Å². The highest BCUT2D eigenvalue weighted by molar-refractivity contribution is 5.79. The maximum Gasteiger partial charge on any atom is 0.172 e. The van der Waals surface area contributed by atoms with Crippen LogP contribution < -0.4 is 0 Å². The van der Waals surface area contributed by atoms with Crippen molar-refractivity contribution in [2.45, 2.75) is 71.1 Å². The van der Waals surface area contributed by atoms with Crippen molar-refractivity contribution >= 4 is 0 Å². The van der Waals surface area contributed by atoms with Crippen LogP contribution in [0.3, 0.4) is 0 Å². The highest BCUT2D eigenvalue weighted by Gasteiger charge is 2.25. The number of hydrogen-bond donors (Lipinski definition) is 2. The normalized spacial score (nSPS) is 15.2. The second-order valence-corrected chi connectivity index (χ2v) is 11.3. The van der Waals surface area contributed by atoms with Crippen molar-refractivity contribution < 1.29 is 10.2 Å². The summed E-state index contributed by atoms with van der Waals surface area (Å²) in [7, 11) is 0. The Morgan fingerprint density at radius 1 is 0.750 bits per heavy atom. The number of hydrogen-bond acceptors (Lipinski definition) is 4. The molecule has 7 rings (SSSR count). The first-order valence-electron chi connectivity index (χ1n) is 14.6. The molecule has 3 aliphatic carbocycles. The molecule has 0 atom stereocenters. The molecule has 2 N–H and O–H groups in total. The average molecular weight is 532 g/mol. The first-order chi connectivity index (χ1) is 19.5. The van der Waals surface area contributed by atoms with Crippen molar-refractivity contribution in [2.75, 3.05) is 0 Å². The van der Waals surface area contributed by atoms with Gasteiger partial charge in [-0.15, -0.1) is 10.2 Å². The number of aryl methyl sites for hydroxylation is 1. The summed E-state index contributed by atoms with van der Waals surface area (Å²) in [5.41, 5.74) is 11.0. The zero-order valence-corrected chi connectivity index (χ0v) is 23.4. The summed E-state index contributed by atoms with van der Waals surface area (Å²) in [5.74, 6) is 0.781. The van der Waals surface area contributed by atoms with Gasteiger partial charge in [0.15, 0.2) is 5.82 Å². The maximum absolute atomic E-state index is 10.7. The summed E-state index contributed by atoms with van der Waals surface area (Å²) < 4.78 is 1.97. The number of nitrogens with zero attached hydrogens (tertiary/aromatic N) is 3. The van der Waals surface area contributed by atoms with Crippen molar-refractivity contribution in [1.29, 1.82) is 0 Å². The van der Waals surface area contributed by atoms with Gasteiger partial charge in [-0.25, -0.2) is 0 Å². The van der Waals surface area contributed by atoms with E-state index in [1.807, 2.05) is 24.5 Å². The summed E-state index contributed by atoms with van der Waals surface area (Å²) in [6.45, 7) is 4.04. The maximum atomic E-state index is 10.7. The average Bonchev–Trinajstić information content (AvgIpc) is 3.47. The van der Waals surface area contributed by atoms with Gasteiger partial charge in [0.2, 0.25) is 0 Å². The third-order valence-corrected chi connectivity index (χ3v) is 8.42. The van der Waals surface area contributed by atoms with Gasteiger partial charge in [0, 0.05) is 6.07 Å². The van der Waals surface area contributed by atoms with E-state index in [2.05, 4.69) is 64.8 Å². The number of phenolic OH excluding ortho intramolecular Hbond substituents is 2. The summed E-state index contributed by atoms with van der Waals surface area (Å²) >= 11 is 0. The van der Waals surface area contributed by atoms with Crippen molar-refractivity contribution in [3.8, 4) is 39.7 Å². The van der Waals surface area contributed by atoms with Crippen LogP contribution in [0.1, 0.15) is 73.3 Å². The van der Waals surface area contributed by atoms with E-state index in [1.54, 1.807) is 11.9 Å². The Morgan fingerprint density at radius 3 is 2.25 bits per heavy atom. The molecule has 1 aromatic heterocycles. The minimum Gasteiger partial charge on any atom is -0.508 e. The Morgan fingerprint density at radius 2 is 1.50 bits per heavy atom. The first-order valence-corrected chi connectivity index (χ1v) is 14.6. The van der Waals surface area contributed by atoms with Crippen LogP contribution in [0.15, 0.2) is 73.1 Å². The quantitative estimate of drug-likeness (QED) is 0.281. The molecule has 4 aromatic rings. The van der Waals surface area contributed by atoms with E-state index in [0.717, 1.165) is 24.1 Å². The Labute approximate surface area is 236 Å². The fourth-order valence-corrected chi connectivity index (χ4v) is 6.38.